The lowest BCUT2D eigenvalue weighted by molar-refractivity contribution is -0.138. The van der Waals surface area contributed by atoms with E-state index >= 15 is 0 Å². The Hall–Kier alpha value is -3.39. The van der Waals surface area contributed by atoms with E-state index in [2.05, 4.69) is 27.3 Å². The first-order valence-corrected chi connectivity index (χ1v) is 11.4. The van der Waals surface area contributed by atoms with Gasteiger partial charge in [-0.25, -0.2) is 9.97 Å². The monoisotopic (exact) mass is 451 g/mol. The number of aryl methyl sites for hydroxylation is 1. The summed E-state index contributed by atoms with van der Waals surface area (Å²) in [6.07, 6.45) is 3.43. The summed E-state index contributed by atoms with van der Waals surface area (Å²) in [6.45, 7) is 4.75. The molecule has 0 unspecified atom stereocenters. The Labute approximate surface area is 190 Å². The summed E-state index contributed by atoms with van der Waals surface area (Å²) < 4.78 is 11.5. The fraction of sp³-hybridized carbons (Fsp3) is 0.292. The third kappa shape index (κ3) is 5.08. The Morgan fingerprint density at radius 3 is 2.75 bits per heavy atom. The standard InChI is InChI=1S/C24H25N3O4S/c1-3-18-14-32-23(26-18)16-5-8-22(25-13-16)31-10-4-9-30-19-6-7-20-17(11-19)12-21(27-20)15(2)24(28)29/h5-8,11-15,27H,3-4,9-10H2,1-2H3,(H,28,29)/t15-/m1/s1. The predicted molar refractivity (Wildman–Crippen MR) is 125 cm³/mol. The number of H-pyrrole nitrogens is 1. The van der Waals surface area contributed by atoms with E-state index in [0.717, 1.165) is 39.3 Å². The number of thiazole rings is 1. The van der Waals surface area contributed by atoms with Crippen molar-refractivity contribution in [3.8, 4) is 22.2 Å². The molecule has 0 spiro atoms. The van der Waals surface area contributed by atoms with Crippen LogP contribution in [-0.4, -0.2) is 39.2 Å². The zero-order valence-electron chi connectivity index (χ0n) is 18.0. The van der Waals surface area contributed by atoms with Crippen molar-refractivity contribution >= 4 is 28.2 Å². The van der Waals surface area contributed by atoms with Gasteiger partial charge in [-0.05, 0) is 43.7 Å². The molecule has 4 aromatic rings. The second-order valence-electron chi connectivity index (χ2n) is 7.47. The maximum absolute atomic E-state index is 11.2. The largest absolute Gasteiger partial charge is 0.493 e. The number of nitrogens with one attached hydrogen (secondary N) is 1. The first kappa shape index (κ1) is 21.8. The fourth-order valence-electron chi connectivity index (χ4n) is 3.21. The molecule has 4 rings (SSSR count). The average molecular weight is 452 g/mol. The van der Waals surface area contributed by atoms with Gasteiger partial charge in [0.2, 0.25) is 5.88 Å². The molecule has 0 saturated carbocycles. The third-order valence-electron chi connectivity index (χ3n) is 5.15. The van der Waals surface area contributed by atoms with E-state index < -0.39 is 11.9 Å². The molecule has 166 valence electrons. The lowest BCUT2D eigenvalue weighted by Crippen LogP contribution is -2.07. The highest BCUT2D eigenvalue weighted by atomic mass is 32.1. The summed E-state index contributed by atoms with van der Waals surface area (Å²) in [5, 5.41) is 13.1. The SMILES string of the molecule is CCc1csc(-c2ccc(OCCCOc3ccc4[nH]c([C@@H](C)C(=O)O)cc4c3)nc2)n1. The van der Waals surface area contributed by atoms with Crippen molar-refractivity contribution in [1.29, 1.82) is 0 Å². The van der Waals surface area contributed by atoms with Crippen LogP contribution in [0.1, 0.15) is 37.6 Å². The predicted octanol–water partition coefficient (Wildman–Crippen LogP) is 5.28. The van der Waals surface area contributed by atoms with Gasteiger partial charge < -0.3 is 19.6 Å². The van der Waals surface area contributed by atoms with E-state index in [9.17, 15) is 9.90 Å². The molecule has 3 heterocycles. The second kappa shape index (κ2) is 9.82. The summed E-state index contributed by atoms with van der Waals surface area (Å²) in [4.78, 5) is 23.3. The normalized spacial score (nSPS) is 12.1. The van der Waals surface area contributed by atoms with E-state index in [1.807, 2.05) is 36.4 Å². The number of ether oxygens (including phenoxy) is 2. The van der Waals surface area contributed by atoms with Gasteiger partial charge in [-0.15, -0.1) is 11.3 Å². The number of carboxylic acid groups (broad SMARTS) is 1. The van der Waals surface area contributed by atoms with E-state index in [1.165, 1.54) is 0 Å². The molecule has 0 aliphatic heterocycles. The van der Waals surface area contributed by atoms with E-state index in [1.54, 1.807) is 24.5 Å². The summed E-state index contributed by atoms with van der Waals surface area (Å²) in [5.41, 5.74) is 3.65. The summed E-state index contributed by atoms with van der Waals surface area (Å²) in [7, 11) is 0. The number of aliphatic carboxylic acids is 1. The Kier molecular flexibility index (Phi) is 6.70. The molecule has 0 aliphatic rings. The second-order valence-corrected chi connectivity index (χ2v) is 8.32. The summed E-state index contributed by atoms with van der Waals surface area (Å²) >= 11 is 1.62. The van der Waals surface area contributed by atoms with Gasteiger partial charge in [0, 0.05) is 46.2 Å². The van der Waals surface area contributed by atoms with E-state index in [0.29, 0.717) is 31.2 Å². The van der Waals surface area contributed by atoms with Crippen LogP contribution >= 0.6 is 11.3 Å². The van der Waals surface area contributed by atoms with Crippen LogP contribution < -0.4 is 9.47 Å². The van der Waals surface area contributed by atoms with Gasteiger partial charge in [0.15, 0.2) is 0 Å². The van der Waals surface area contributed by atoms with Gasteiger partial charge in [0.1, 0.15) is 10.8 Å². The first-order chi connectivity index (χ1) is 15.5. The van der Waals surface area contributed by atoms with Crippen LogP contribution in [0.15, 0.2) is 48.0 Å². The topological polar surface area (TPSA) is 97.3 Å². The number of carboxylic acids is 1. The number of aromatic amines is 1. The quantitative estimate of drug-likeness (QED) is 0.318. The molecule has 0 radical (unpaired) electrons. The minimum absolute atomic E-state index is 0.496. The van der Waals surface area contributed by atoms with Crippen LogP contribution in [0.2, 0.25) is 0 Å². The highest BCUT2D eigenvalue weighted by Crippen LogP contribution is 2.26. The van der Waals surface area contributed by atoms with Crippen LogP contribution in [0.25, 0.3) is 21.5 Å². The molecule has 0 bridgehead atoms. The first-order valence-electron chi connectivity index (χ1n) is 10.6. The maximum Gasteiger partial charge on any atom is 0.312 e. The average Bonchev–Trinajstić information content (AvgIpc) is 3.45. The number of carbonyl (C=O) groups is 1. The van der Waals surface area contributed by atoms with Crippen molar-refractivity contribution < 1.29 is 19.4 Å². The number of hydrogen-bond donors (Lipinski definition) is 2. The zero-order chi connectivity index (χ0) is 22.5. The lowest BCUT2D eigenvalue weighted by Gasteiger charge is -2.08. The number of pyridine rings is 1. The van der Waals surface area contributed by atoms with Gasteiger partial charge in [-0.2, -0.15) is 0 Å². The van der Waals surface area contributed by atoms with Gasteiger partial charge in [0.25, 0.3) is 0 Å². The molecular formula is C24H25N3O4S. The summed E-state index contributed by atoms with van der Waals surface area (Å²) in [5.74, 6) is -0.119. The number of benzene rings is 1. The molecule has 7 nitrogen and oxygen atoms in total. The van der Waals surface area contributed by atoms with Crippen molar-refractivity contribution in [3.63, 3.8) is 0 Å². The lowest BCUT2D eigenvalue weighted by atomic mass is 10.1. The molecule has 32 heavy (non-hydrogen) atoms. The van der Waals surface area contributed by atoms with E-state index in [4.69, 9.17) is 9.47 Å². The Bertz CT molecular complexity index is 1200. The van der Waals surface area contributed by atoms with Gasteiger partial charge in [0.05, 0.1) is 24.8 Å². The molecule has 0 saturated heterocycles. The zero-order valence-corrected chi connectivity index (χ0v) is 18.8. The van der Waals surface area contributed by atoms with Crippen LogP contribution in [0, 0.1) is 0 Å². The number of hydrogen-bond acceptors (Lipinski definition) is 6. The van der Waals surface area contributed by atoms with Crippen molar-refractivity contribution in [2.24, 2.45) is 0 Å². The number of fused-ring (bicyclic) bond motifs is 1. The minimum Gasteiger partial charge on any atom is -0.493 e. The number of aromatic nitrogens is 3. The van der Waals surface area contributed by atoms with Gasteiger partial charge >= 0.3 is 5.97 Å². The highest BCUT2D eigenvalue weighted by Gasteiger charge is 2.16. The molecule has 2 N–H and O–H groups in total. The number of rotatable bonds is 10. The molecule has 1 atom stereocenters. The third-order valence-corrected chi connectivity index (χ3v) is 6.09. The van der Waals surface area contributed by atoms with Crippen molar-refractivity contribution in [1.82, 2.24) is 15.0 Å². The van der Waals surface area contributed by atoms with Crippen LogP contribution in [0.4, 0.5) is 0 Å². The van der Waals surface area contributed by atoms with Crippen LogP contribution in [0.3, 0.4) is 0 Å². The van der Waals surface area contributed by atoms with Crippen molar-refractivity contribution in [2.75, 3.05) is 13.2 Å². The van der Waals surface area contributed by atoms with Crippen LogP contribution in [0.5, 0.6) is 11.6 Å². The minimum atomic E-state index is -0.856. The Morgan fingerprint density at radius 2 is 2.03 bits per heavy atom. The molecule has 0 aliphatic carbocycles. The van der Waals surface area contributed by atoms with Gasteiger partial charge in [-0.1, -0.05) is 6.92 Å². The number of nitrogens with zero attached hydrogens (tertiary/aromatic N) is 2. The van der Waals surface area contributed by atoms with Crippen LogP contribution in [-0.2, 0) is 11.2 Å². The van der Waals surface area contributed by atoms with Crippen molar-refractivity contribution in [2.45, 2.75) is 32.6 Å². The van der Waals surface area contributed by atoms with Crippen molar-refractivity contribution in [3.05, 3.63) is 59.4 Å². The molecule has 0 fully saturated rings. The summed E-state index contributed by atoms with van der Waals surface area (Å²) in [6, 6.07) is 11.4. The maximum atomic E-state index is 11.2. The van der Waals surface area contributed by atoms with E-state index in [-0.39, 0.29) is 0 Å². The highest BCUT2D eigenvalue weighted by molar-refractivity contribution is 7.13. The fourth-order valence-corrected chi connectivity index (χ4v) is 4.10. The smallest absolute Gasteiger partial charge is 0.312 e. The molecular weight excluding hydrogens is 426 g/mol. The molecule has 8 heteroatoms. The molecule has 1 aromatic carbocycles. The molecule has 3 aromatic heterocycles. The Morgan fingerprint density at radius 1 is 1.19 bits per heavy atom. The van der Waals surface area contributed by atoms with Gasteiger partial charge in [-0.3, -0.25) is 4.79 Å². The Balaban J connectivity index is 1.24. The molecule has 0 amide bonds.